The SMILES string of the molecule is O=C(OCC#Cc1ccccc1)N1CCN(c2nc(-c3ccccc3)ns2)CC1. The minimum absolute atomic E-state index is 0.0881. The highest BCUT2D eigenvalue weighted by Gasteiger charge is 2.24. The van der Waals surface area contributed by atoms with Crippen LogP contribution in [0.2, 0.25) is 0 Å². The molecule has 0 aliphatic carbocycles. The zero-order valence-corrected chi connectivity index (χ0v) is 16.6. The van der Waals surface area contributed by atoms with Gasteiger partial charge in [-0.2, -0.15) is 9.36 Å². The first-order valence-corrected chi connectivity index (χ1v) is 10.2. The maximum absolute atomic E-state index is 12.2. The Morgan fingerprint density at radius 3 is 2.41 bits per heavy atom. The van der Waals surface area contributed by atoms with Gasteiger partial charge in [0.2, 0.25) is 5.13 Å². The number of ether oxygens (including phenoxy) is 1. The molecule has 1 amide bonds. The van der Waals surface area contributed by atoms with E-state index in [2.05, 4.69) is 26.1 Å². The summed E-state index contributed by atoms with van der Waals surface area (Å²) in [5, 5.41) is 0.880. The van der Waals surface area contributed by atoms with Gasteiger partial charge in [-0.1, -0.05) is 60.4 Å². The normalized spacial score (nSPS) is 13.5. The molecule has 0 saturated carbocycles. The monoisotopic (exact) mass is 404 g/mol. The molecule has 7 heteroatoms. The zero-order chi connectivity index (χ0) is 19.9. The Bertz CT molecular complexity index is 1000. The number of piperazine rings is 1. The lowest BCUT2D eigenvalue weighted by atomic mass is 10.2. The quantitative estimate of drug-likeness (QED) is 0.625. The van der Waals surface area contributed by atoms with Crippen LogP contribution in [-0.4, -0.2) is 53.1 Å². The van der Waals surface area contributed by atoms with Crippen molar-refractivity contribution < 1.29 is 9.53 Å². The molecule has 1 saturated heterocycles. The second kappa shape index (κ2) is 9.22. The smallest absolute Gasteiger partial charge is 0.410 e. The van der Waals surface area contributed by atoms with Gasteiger partial charge >= 0.3 is 6.09 Å². The highest BCUT2D eigenvalue weighted by molar-refractivity contribution is 7.09. The van der Waals surface area contributed by atoms with E-state index in [0.29, 0.717) is 26.2 Å². The molecule has 1 aromatic heterocycles. The van der Waals surface area contributed by atoms with Gasteiger partial charge in [0.05, 0.1) is 0 Å². The molecule has 0 unspecified atom stereocenters. The van der Waals surface area contributed by atoms with Crippen LogP contribution in [0, 0.1) is 11.8 Å². The Balaban J connectivity index is 1.26. The predicted octanol–water partition coefficient (Wildman–Crippen LogP) is 3.52. The van der Waals surface area contributed by atoms with Crippen molar-refractivity contribution in [3.63, 3.8) is 0 Å². The third-order valence-electron chi connectivity index (χ3n) is 4.53. The van der Waals surface area contributed by atoms with Gasteiger partial charge in [0, 0.05) is 48.8 Å². The molecule has 3 aromatic rings. The number of nitrogens with zero attached hydrogens (tertiary/aromatic N) is 4. The van der Waals surface area contributed by atoms with Crippen LogP contribution in [0.5, 0.6) is 0 Å². The topological polar surface area (TPSA) is 58.6 Å². The van der Waals surface area contributed by atoms with Crippen LogP contribution in [0.3, 0.4) is 0 Å². The fourth-order valence-electron chi connectivity index (χ4n) is 2.98. The Morgan fingerprint density at radius 1 is 1.00 bits per heavy atom. The molecule has 0 bridgehead atoms. The van der Waals surface area contributed by atoms with Crippen LogP contribution in [0.15, 0.2) is 60.7 Å². The van der Waals surface area contributed by atoms with Crippen molar-refractivity contribution in [3.8, 4) is 23.2 Å². The molecule has 146 valence electrons. The molecular weight excluding hydrogens is 384 g/mol. The van der Waals surface area contributed by atoms with Gasteiger partial charge < -0.3 is 14.5 Å². The summed E-state index contributed by atoms with van der Waals surface area (Å²) >= 11 is 1.39. The van der Waals surface area contributed by atoms with Crippen LogP contribution in [0.1, 0.15) is 5.56 Å². The van der Waals surface area contributed by atoms with Crippen molar-refractivity contribution in [1.82, 2.24) is 14.3 Å². The van der Waals surface area contributed by atoms with Crippen molar-refractivity contribution in [2.45, 2.75) is 0 Å². The van der Waals surface area contributed by atoms with E-state index in [1.807, 2.05) is 60.7 Å². The second-order valence-electron chi connectivity index (χ2n) is 6.46. The van der Waals surface area contributed by atoms with E-state index in [1.165, 1.54) is 11.5 Å². The minimum atomic E-state index is -0.325. The molecule has 1 aliphatic rings. The summed E-state index contributed by atoms with van der Waals surface area (Å²) in [7, 11) is 0. The number of amides is 1. The Hall–Kier alpha value is -3.37. The Labute approximate surface area is 173 Å². The molecule has 1 fully saturated rings. The van der Waals surface area contributed by atoms with Crippen molar-refractivity contribution >= 4 is 22.8 Å². The summed E-state index contributed by atoms with van der Waals surface area (Å²) in [6.07, 6.45) is -0.325. The van der Waals surface area contributed by atoms with E-state index in [1.54, 1.807) is 4.90 Å². The number of aromatic nitrogens is 2. The highest BCUT2D eigenvalue weighted by atomic mass is 32.1. The first kappa shape index (κ1) is 19.0. The van der Waals surface area contributed by atoms with Gasteiger partial charge in [-0.05, 0) is 12.1 Å². The summed E-state index contributed by atoms with van der Waals surface area (Å²) in [5.74, 6) is 6.60. The largest absolute Gasteiger partial charge is 0.436 e. The molecule has 6 nitrogen and oxygen atoms in total. The fourth-order valence-corrected chi connectivity index (χ4v) is 3.72. The molecule has 29 heavy (non-hydrogen) atoms. The second-order valence-corrected chi connectivity index (χ2v) is 7.19. The van der Waals surface area contributed by atoms with Crippen LogP contribution in [0.25, 0.3) is 11.4 Å². The summed E-state index contributed by atoms with van der Waals surface area (Å²) < 4.78 is 9.73. The number of hydrogen-bond donors (Lipinski definition) is 0. The highest BCUT2D eigenvalue weighted by Crippen LogP contribution is 2.24. The van der Waals surface area contributed by atoms with E-state index in [4.69, 9.17) is 4.74 Å². The number of carbonyl (C=O) groups excluding carboxylic acids is 1. The Kier molecular flexibility index (Phi) is 6.03. The van der Waals surface area contributed by atoms with Gasteiger partial charge in [0.1, 0.15) is 0 Å². The molecule has 2 aromatic carbocycles. The van der Waals surface area contributed by atoms with Gasteiger partial charge in [0.15, 0.2) is 12.4 Å². The number of rotatable bonds is 3. The first-order chi connectivity index (χ1) is 14.3. The summed E-state index contributed by atoms with van der Waals surface area (Å²) in [6.45, 7) is 2.67. The minimum Gasteiger partial charge on any atom is -0.436 e. The lowest BCUT2D eigenvalue weighted by molar-refractivity contribution is 0.111. The summed E-state index contributed by atoms with van der Waals surface area (Å²) in [5.41, 5.74) is 1.91. The molecular formula is C22H20N4O2S. The average molecular weight is 404 g/mol. The zero-order valence-electron chi connectivity index (χ0n) is 15.8. The van der Waals surface area contributed by atoms with Gasteiger partial charge in [-0.25, -0.2) is 4.79 Å². The average Bonchev–Trinajstić information content (AvgIpc) is 3.28. The number of hydrogen-bond acceptors (Lipinski definition) is 6. The first-order valence-electron chi connectivity index (χ1n) is 9.39. The Morgan fingerprint density at radius 2 is 1.69 bits per heavy atom. The van der Waals surface area contributed by atoms with E-state index in [0.717, 1.165) is 22.1 Å². The molecule has 1 aliphatic heterocycles. The number of anilines is 1. The maximum atomic E-state index is 12.2. The number of carbonyl (C=O) groups is 1. The molecule has 0 N–H and O–H groups in total. The van der Waals surface area contributed by atoms with Crippen molar-refractivity contribution in [2.75, 3.05) is 37.7 Å². The number of benzene rings is 2. The van der Waals surface area contributed by atoms with Crippen LogP contribution >= 0.6 is 11.5 Å². The van der Waals surface area contributed by atoms with Gasteiger partial charge in [0.25, 0.3) is 0 Å². The summed E-state index contributed by atoms with van der Waals surface area (Å²) in [6, 6.07) is 19.6. The van der Waals surface area contributed by atoms with Gasteiger partial charge in [-0.3, -0.25) is 0 Å². The maximum Gasteiger partial charge on any atom is 0.410 e. The third kappa shape index (κ3) is 4.92. The van der Waals surface area contributed by atoms with E-state index >= 15 is 0 Å². The van der Waals surface area contributed by atoms with Crippen LogP contribution < -0.4 is 4.90 Å². The van der Waals surface area contributed by atoms with Gasteiger partial charge in [-0.15, -0.1) is 0 Å². The standard InChI is InChI=1S/C22H20N4O2S/c27-22(28-17-7-10-18-8-3-1-4-9-18)26-15-13-25(14-16-26)21-23-20(24-29-21)19-11-5-2-6-12-19/h1-6,8-9,11-12H,13-17H2. The molecule has 0 radical (unpaired) electrons. The molecule has 4 rings (SSSR count). The van der Waals surface area contributed by atoms with Crippen LogP contribution in [-0.2, 0) is 4.74 Å². The van der Waals surface area contributed by atoms with E-state index in [-0.39, 0.29) is 12.7 Å². The van der Waals surface area contributed by atoms with E-state index < -0.39 is 0 Å². The third-order valence-corrected chi connectivity index (χ3v) is 5.31. The van der Waals surface area contributed by atoms with Crippen molar-refractivity contribution in [1.29, 1.82) is 0 Å². The van der Waals surface area contributed by atoms with Crippen LogP contribution in [0.4, 0.5) is 9.93 Å². The lowest BCUT2D eigenvalue weighted by Crippen LogP contribution is -2.49. The lowest BCUT2D eigenvalue weighted by Gasteiger charge is -2.33. The van der Waals surface area contributed by atoms with Crippen molar-refractivity contribution in [3.05, 3.63) is 66.2 Å². The predicted molar refractivity (Wildman–Crippen MR) is 114 cm³/mol. The molecule has 0 spiro atoms. The fraction of sp³-hybridized carbons (Fsp3) is 0.227. The van der Waals surface area contributed by atoms with Crippen molar-refractivity contribution in [2.24, 2.45) is 0 Å². The van der Waals surface area contributed by atoms with E-state index in [9.17, 15) is 4.79 Å². The molecule has 2 heterocycles. The molecule has 0 atom stereocenters. The summed E-state index contributed by atoms with van der Waals surface area (Å²) in [4.78, 5) is 20.7.